The number of carboxylic acids is 1. The number of aliphatic hydroxyl groups excluding tert-OH is 1. The number of hydrogen-bond donors (Lipinski definition) is 4. The molecule has 0 aromatic carbocycles. The second-order valence-electron chi connectivity index (χ2n) is 4.24. The van der Waals surface area contributed by atoms with Crippen LogP contribution in [0.2, 0.25) is 13.1 Å². The number of aliphatic carboxylic acids is 1. The highest BCUT2D eigenvalue weighted by molar-refractivity contribution is 6.48. The summed E-state index contributed by atoms with van der Waals surface area (Å²) in [6.45, 7) is 1.69. The van der Waals surface area contributed by atoms with Gasteiger partial charge in [0, 0.05) is 12.5 Å². The Morgan fingerprint density at radius 1 is 1.60 bits per heavy atom. The molecular weight excluding hydrogens is 197 g/mol. The highest BCUT2D eigenvalue weighted by Crippen LogP contribution is 2.23. The van der Waals surface area contributed by atoms with Gasteiger partial charge in [-0.3, -0.25) is 4.79 Å². The van der Waals surface area contributed by atoms with Crippen molar-refractivity contribution in [3.63, 3.8) is 0 Å². The molecule has 1 aliphatic rings. The van der Waals surface area contributed by atoms with Crippen molar-refractivity contribution in [3.8, 4) is 0 Å². The van der Waals surface area contributed by atoms with Gasteiger partial charge in [-0.2, -0.15) is 0 Å². The Balaban J connectivity index is 2.39. The van der Waals surface area contributed by atoms with Crippen LogP contribution in [0.3, 0.4) is 0 Å². The predicted molar refractivity (Wildman–Crippen MR) is 56.8 cm³/mol. The molecular formula is C9H18BNO4. The zero-order chi connectivity index (χ0) is 11.4. The minimum Gasteiger partial charge on any atom is -0.480 e. The molecule has 3 atom stereocenters. The van der Waals surface area contributed by atoms with E-state index in [-0.39, 0.29) is 12.8 Å². The SMILES string of the molecule is CB(O)CCCC1C(O)CNC1C(=O)O. The average molecular weight is 215 g/mol. The predicted octanol–water partition coefficient (Wildman–Crippen LogP) is -0.586. The molecule has 0 bridgehead atoms. The molecule has 0 amide bonds. The Hall–Kier alpha value is -0.585. The van der Waals surface area contributed by atoms with Crippen molar-refractivity contribution >= 4 is 12.9 Å². The van der Waals surface area contributed by atoms with Crippen molar-refractivity contribution < 1.29 is 20.0 Å². The summed E-state index contributed by atoms with van der Waals surface area (Å²) in [7, 11) is 0. The molecule has 4 N–H and O–H groups in total. The van der Waals surface area contributed by atoms with E-state index in [9.17, 15) is 9.90 Å². The molecule has 0 radical (unpaired) electrons. The van der Waals surface area contributed by atoms with E-state index in [0.29, 0.717) is 19.3 Å². The van der Waals surface area contributed by atoms with Crippen LogP contribution < -0.4 is 5.32 Å². The second-order valence-corrected chi connectivity index (χ2v) is 4.24. The van der Waals surface area contributed by atoms with Gasteiger partial charge in [-0.25, -0.2) is 0 Å². The maximum atomic E-state index is 10.8. The van der Waals surface area contributed by atoms with Crippen molar-refractivity contribution in [1.29, 1.82) is 0 Å². The molecule has 1 aliphatic heterocycles. The van der Waals surface area contributed by atoms with E-state index in [1.165, 1.54) is 0 Å². The zero-order valence-corrected chi connectivity index (χ0v) is 8.89. The Morgan fingerprint density at radius 3 is 2.80 bits per heavy atom. The first-order chi connectivity index (χ1) is 7.02. The van der Waals surface area contributed by atoms with Gasteiger partial charge in [-0.1, -0.05) is 13.2 Å². The van der Waals surface area contributed by atoms with Gasteiger partial charge in [0.05, 0.1) is 6.10 Å². The quantitative estimate of drug-likeness (QED) is 0.460. The lowest BCUT2D eigenvalue weighted by atomic mass is 9.66. The van der Waals surface area contributed by atoms with E-state index >= 15 is 0 Å². The molecule has 0 aromatic rings. The molecule has 0 saturated carbocycles. The highest BCUT2D eigenvalue weighted by Gasteiger charge is 2.38. The maximum Gasteiger partial charge on any atom is 0.321 e. The Kier molecular flexibility index (Phi) is 4.57. The Labute approximate surface area is 89.6 Å². The maximum absolute atomic E-state index is 10.8. The number of nitrogens with one attached hydrogen (secondary N) is 1. The molecule has 3 unspecified atom stereocenters. The zero-order valence-electron chi connectivity index (χ0n) is 8.89. The van der Waals surface area contributed by atoms with Crippen LogP contribution in [0.25, 0.3) is 0 Å². The topological polar surface area (TPSA) is 89.8 Å². The number of carboxylic acid groups (broad SMARTS) is 1. The van der Waals surface area contributed by atoms with E-state index in [1.54, 1.807) is 6.82 Å². The Morgan fingerprint density at radius 2 is 2.27 bits per heavy atom. The van der Waals surface area contributed by atoms with Gasteiger partial charge in [0.25, 0.3) is 6.92 Å². The van der Waals surface area contributed by atoms with Gasteiger partial charge in [-0.15, -0.1) is 0 Å². The third-order valence-corrected chi connectivity index (χ3v) is 2.89. The summed E-state index contributed by atoms with van der Waals surface area (Å²) < 4.78 is 0. The van der Waals surface area contributed by atoms with Crippen molar-refractivity contribution in [3.05, 3.63) is 0 Å². The molecule has 1 rings (SSSR count). The van der Waals surface area contributed by atoms with Crippen LogP contribution in [0.4, 0.5) is 0 Å². The van der Waals surface area contributed by atoms with Crippen molar-refractivity contribution in [2.75, 3.05) is 6.54 Å². The molecule has 6 heteroatoms. The molecule has 15 heavy (non-hydrogen) atoms. The number of rotatable bonds is 5. The summed E-state index contributed by atoms with van der Waals surface area (Å²) in [5, 5.41) is 30.3. The summed E-state index contributed by atoms with van der Waals surface area (Å²) in [5.74, 6) is -1.14. The van der Waals surface area contributed by atoms with Crippen LogP contribution in [0, 0.1) is 5.92 Å². The number of carbonyl (C=O) groups is 1. The highest BCUT2D eigenvalue weighted by atomic mass is 16.4. The molecule has 0 aromatic heterocycles. The second kappa shape index (κ2) is 5.49. The van der Waals surface area contributed by atoms with Gasteiger partial charge in [-0.05, 0) is 12.7 Å². The van der Waals surface area contributed by atoms with Crippen LogP contribution >= 0.6 is 0 Å². The molecule has 0 aliphatic carbocycles. The van der Waals surface area contributed by atoms with Crippen LogP contribution in [0.15, 0.2) is 0 Å². The first-order valence-electron chi connectivity index (χ1n) is 5.34. The van der Waals surface area contributed by atoms with Gasteiger partial charge < -0.3 is 20.6 Å². The third-order valence-electron chi connectivity index (χ3n) is 2.89. The largest absolute Gasteiger partial charge is 0.480 e. The lowest BCUT2D eigenvalue weighted by Gasteiger charge is -2.17. The number of aliphatic hydroxyl groups is 1. The lowest BCUT2D eigenvalue weighted by molar-refractivity contribution is -0.140. The Bertz CT molecular complexity index is 224. The molecule has 5 nitrogen and oxygen atoms in total. The van der Waals surface area contributed by atoms with Gasteiger partial charge in [0.15, 0.2) is 0 Å². The minimum atomic E-state index is -0.909. The fourth-order valence-corrected chi connectivity index (χ4v) is 2.05. The first-order valence-corrected chi connectivity index (χ1v) is 5.34. The molecule has 0 spiro atoms. The molecule has 1 saturated heterocycles. The fourth-order valence-electron chi connectivity index (χ4n) is 2.05. The summed E-state index contributed by atoms with van der Waals surface area (Å²) in [6.07, 6.45) is 1.44. The monoisotopic (exact) mass is 215 g/mol. The third kappa shape index (κ3) is 3.48. The van der Waals surface area contributed by atoms with E-state index in [0.717, 1.165) is 6.42 Å². The fraction of sp³-hybridized carbons (Fsp3) is 0.889. The van der Waals surface area contributed by atoms with Gasteiger partial charge in [0.1, 0.15) is 6.04 Å². The number of hydrogen-bond acceptors (Lipinski definition) is 4. The summed E-state index contributed by atoms with van der Waals surface area (Å²) >= 11 is 0. The van der Waals surface area contributed by atoms with Gasteiger partial charge >= 0.3 is 5.97 Å². The van der Waals surface area contributed by atoms with Crippen molar-refractivity contribution in [2.45, 2.75) is 38.1 Å². The minimum absolute atomic E-state index is 0.235. The van der Waals surface area contributed by atoms with E-state index < -0.39 is 18.1 Å². The molecule has 1 fully saturated rings. The summed E-state index contributed by atoms with van der Waals surface area (Å²) in [4.78, 5) is 10.8. The van der Waals surface area contributed by atoms with E-state index in [2.05, 4.69) is 5.32 Å². The average Bonchev–Trinajstić information content (AvgIpc) is 2.47. The smallest absolute Gasteiger partial charge is 0.321 e. The van der Waals surface area contributed by atoms with E-state index in [4.69, 9.17) is 10.1 Å². The van der Waals surface area contributed by atoms with Crippen LogP contribution in [-0.4, -0.2) is 46.8 Å². The van der Waals surface area contributed by atoms with Crippen LogP contribution in [-0.2, 0) is 4.79 Å². The summed E-state index contributed by atoms with van der Waals surface area (Å²) in [6, 6.07) is -0.644. The summed E-state index contributed by atoms with van der Waals surface area (Å²) in [5.41, 5.74) is 0. The first kappa shape index (κ1) is 12.5. The standard InChI is InChI=1S/C9H18BNO4/c1-10(15)4-2-3-6-7(12)5-11-8(6)9(13)14/h6-8,11-12,15H,2-5H2,1H3,(H,13,14). The number of β-amino-alcohol motifs (C(OH)–C–C–N with tert-alkyl or cyclic N) is 1. The lowest BCUT2D eigenvalue weighted by Crippen LogP contribution is -2.36. The normalized spacial score (nSPS) is 30.5. The van der Waals surface area contributed by atoms with Gasteiger partial charge in [0.2, 0.25) is 0 Å². The van der Waals surface area contributed by atoms with E-state index in [1.807, 2.05) is 0 Å². The molecule has 1 heterocycles. The van der Waals surface area contributed by atoms with Crippen molar-refractivity contribution in [2.24, 2.45) is 5.92 Å². The molecule has 86 valence electrons. The van der Waals surface area contributed by atoms with Crippen LogP contribution in [0.1, 0.15) is 12.8 Å². The van der Waals surface area contributed by atoms with Crippen molar-refractivity contribution in [1.82, 2.24) is 5.32 Å². The van der Waals surface area contributed by atoms with Crippen LogP contribution in [0.5, 0.6) is 0 Å².